The van der Waals surface area contributed by atoms with Crippen LogP contribution in [-0.4, -0.2) is 31.2 Å². The maximum absolute atomic E-state index is 11.2. The molecule has 0 aliphatic carbocycles. The maximum Gasteiger partial charge on any atom is 0.237 e. The molecule has 3 N–H and O–H groups in total. The van der Waals surface area contributed by atoms with E-state index in [4.69, 9.17) is 10.5 Å². The Morgan fingerprint density at radius 1 is 1.47 bits per heavy atom. The molecule has 2 atom stereocenters. The minimum atomic E-state index is -0.588. The third-order valence-electron chi connectivity index (χ3n) is 3.26. The van der Waals surface area contributed by atoms with E-state index in [0.717, 1.165) is 38.7 Å². The third-order valence-corrected chi connectivity index (χ3v) is 3.26. The largest absolute Gasteiger partial charge is 0.379 e. The van der Waals surface area contributed by atoms with E-state index >= 15 is 0 Å². The van der Waals surface area contributed by atoms with Gasteiger partial charge < -0.3 is 15.8 Å². The van der Waals surface area contributed by atoms with E-state index in [9.17, 15) is 4.79 Å². The number of ether oxygens (including phenoxy) is 1. The zero-order valence-corrected chi connectivity index (χ0v) is 11.7. The highest BCUT2D eigenvalue weighted by molar-refractivity contribution is 5.84. The zero-order chi connectivity index (χ0) is 13.3. The summed E-state index contributed by atoms with van der Waals surface area (Å²) in [5.74, 6) is -0.291. The van der Waals surface area contributed by atoms with Gasteiger partial charge in [-0.2, -0.15) is 0 Å². The summed E-state index contributed by atoms with van der Waals surface area (Å²) in [6.07, 6.45) is 5.27. The predicted molar refractivity (Wildman–Crippen MR) is 70.8 cm³/mol. The number of likely N-dealkylation sites (N-methyl/N-ethyl adjacent to an activating group) is 1. The smallest absolute Gasteiger partial charge is 0.237 e. The van der Waals surface area contributed by atoms with E-state index in [0.29, 0.717) is 6.10 Å². The van der Waals surface area contributed by atoms with Crippen LogP contribution < -0.4 is 11.1 Å². The van der Waals surface area contributed by atoms with Gasteiger partial charge in [-0.15, -0.1) is 0 Å². The van der Waals surface area contributed by atoms with Crippen molar-refractivity contribution < 1.29 is 9.53 Å². The number of hydrogen-bond acceptors (Lipinski definition) is 3. The summed E-state index contributed by atoms with van der Waals surface area (Å²) in [5.41, 5.74) is 4.76. The number of nitrogens with one attached hydrogen (secondary N) is 1. The molecule has 0 aromatic rings. The summed E-state index contributed by atoms with van der Waals surface area (Å²) in [4.78, 5) is 11.2. The second-order valence-corrected chi connectivity index (χ2v) is 4.87. The molecule has 0 aliphatic heterocycles. The molecule has 0 saturated heterocycles. The van der Waals surface area contributed by atoms with E-state index < -0.39 is 5.54 Å². The molecule has 0 spiro atoms. The summed E-state index contributed by atoms with van der Waals surface area (Å²) in [7, 11) is 1.77. The summed E-state index contributed by atoms with van der Waals surface area (Å²) in [6.45, 7) is 6.87. The lowest BCUT2D eigenvalue weighted by Crippen LogP contribution is -2.51. The van der Waals surface area contributed by atoms with Gasteiger partial charge in [-0.1, -0.05) is 13.3 Å². The second kappa shape index (κ2) is 8.48. The molecule has 0 radical (unpaired) electrons. The van der Waals surface area contributed by atoms with Crippen LogP contribution in [0.25, 0.3) is 0 Å². The van der Waals surface area contributed by atoms with Crippen molar-refractivity contribution in [2.24, 2.45) is 5.73 Å². The monoisotopic (exact) mass is 244 g/mol. The first-order valence-corrected chi connectivity index (χ1v) is 6.56. The molecule has 17 heavy (non-hydrogen) atoms. The van der Waals surface area contributed by atoms with Gasteiger partial charge in [-0.25, -0.2) is 0 Å². The van der Waals surface area contributed by atoms with Gasteiger partial charge >= 0.3 is 0 Å². The summed E-state index contributed by atoms with van der Waals surface area (Å²) in [6, 6.07) is 0. The molecule has 0 saturated carbocycles. The van der Waals surface area contributed by atoms with Crippen LogP contribution >= 0.6 is 0 Å². The summed E-state index contributed by atoms with van der Waals surface area (Å²) in [5, 5.41) is 2.98. The highest BCUT2D eigenvalue weighted by atomic mass is 16.5. The average Bonchev–Trinajstić information content (AvgIpc) is 2.28. The second-order valence-electron chi connectivity index (χ2n) is 4.87. The van der Waals surface area contributed by atoms with Crippen molar-refractivity contribution in [1.29, 1.82) is 0 Å². The Morgan fingerprint density at radius 2 is 2.12 bits per heavy atom. The molecule has 0 bridgehead atoms. The quantitative estimate of drug-likeness (QED) is 0.576. The van der Waals surface area contributed by atoms with Gasteiger partial charge in [0.1, 0.15) is 0 Å². The lowest BCUT2D eigenvalue weighted by atomic mass is 9.94. The van der Waals surface area contributed by atoms with E-state index in [2.05, 4.69) is 19.2 Å². The Bertz CT molecular complexity index is 221. The van der Waals surface area contributed by atoms with Gasteiger partial charge in [0.25, 0.3) is 0 Å². The van der Waals surface area contributed by atoms with Crippen LogP contribution in [0.4, 0.5) is 0 Å². The fourth-order valence-electron chi connectivity index (χ4n) is 1.73. The van der Waals surface area contributed by atoms with Crippen LogP contribution in [0.1, 0.15) is 52.9 Å². The number of rotatable bonds is 10. The Balaban J connectivity index is 3.66. The van der Waals surface area contributed by atoms with Gasteiger partial charge in [-0.3, -0.25) is 4.79 Å². The molecule has 4 nitrogen and oxygen atoms in total. The molecule has 0 aliphatic rings. The minimum absolute atomic E-state index is 0.291. The van der Waals surface area contributed by atoms with Gasteiger partial charge in [0.2, 0.25) is 5.91 Å². The first-order chi connectivity index (χ1) is 7.96. The van der Waals surface area contributed by atoms with Crippen LogP contribution in [0.2, 0.25) is 0 Å². The van der Waals surface area contributed by atoms with E-state index in [1.54, 1.807) is 7.05 Å². The molecule has 0 fully saturated rings. The number of carbonyl (C=O) groups excluding carboxylic acids is 1. The predicted octanol–water partition coefficient (Wildman–Crippen LogP) is 1.83. The number of carbonyl (C=O) groups is 1. The van der Waals surface area contributed by atoms with Crippen LogP contribution in [-0.2, 0) is 9.53 Å². The van der Waals surface area contributed by atoms with Crippen molar-refractivity contribution >= 4 is 5.91 Å². The summed E-state index contributed by atoms with van der Waals surface area (Å²) < 4.78 is 5.65. The van der Waals surface area contributed by atoms with Crippen molar-refractivity contribution in [3.8, 4) is 0 Å². The van der Waals surface area contributed by atoms with Gasteiger partial charge in [0.15, 0.2) is 0 Å². The fourth-order valence-corrected chi connectivity index (χ4v) is 1.73. The van der Waals surface area contributed by atoms with Gasteiger partial charge in [0, 0.05) is 6.61 Å². The molecular formula is C13H28N2O2. The molecule has 2 unspecified atom stereocenters. The van der Waals surface area contributed by atoms with Crippen LogP contribution in [0.5, 0.6) is 0 Å². The first-order valence-electron chi connectivity index (χ1n) is 6.56. The van der Waals surface area contributed by atoms with Crippen molar-refractivity contribution in [2.45, 2.75) is 64.5 Å². The van der Waals surface area contributed by atoms with Gasteiger partial charge in [-0.05, 0) is 46.6 Å². The Kier molecular flexibility index (Phi) is 8.17. The van der Waals surface area contributed by atoms with Crippen molar-refractivity contribution in [3.05, 3.63) is 0 Å². The Labute approximate surface area is 105 Å². The lowest BCUT2D eigenvalue weighted by Gasteiger charge is -2.25. The minimum Gasteiger partial charge on any atom is -0.379 e. The molecule has 0 aromatic heterocycles. The number of hydrogen-bond donors (Lipinski definition) is 2. The number of nitrogens with two attached hydrogens (primary N) is 1. The van der Waals surface area contributed by atoms with E-state index in [1.807, 2.05) is 6.92 Å². The van der Waals surface area contributed by atoms with Crippen molar-refractivity contribution in [3.63, 3.8) is 0 Å². The normalized spacial score (nSPS) is 16.5. The van der Waals surface area contributed by atoms with Crippen LogP contribution in [0.15, 0.2) is 0 Å². The van der Waals surface area contributed by atoms with Crippen molar-refractivity contribution in [1.82, 2.24) is 5.32 Å². The topological polar surface area (TPSA) is 64.3 Å². The number of unbranched alkanes of at least 4 members (excludes halogenated alkanes) is 1. The van der Waals surface area contributed by atoms with Crippen LogP contribution in [0, 0.1) is 0 Å². The first kappa shape index (κ1) is 16.4. The van der Waals surface area contributed by atoms with Gasteiger partial charge in [0.05, 0.1) is 11.6 Å². The average molecular weight is 244 g/mol. The molecule has 0 heterocycles. The maximum atomic E-state index is 11.2. The van der Waals surface area contributed by atoms with Crippen LogP contribution in [0.3, 0.4) is 0 Å². The third kappa shape index (κ3) is 6.64. The van der Waals surface area contributed by atoms with E-state index in [-0.39, 0.29) is 5.91 Å². The highest BCUT2D eigenvalue weighted by Crippen LogP contribution is 2.13. The molecular weight excluding hydrogens is 216 g/mol. The number of primary amides is 1. The molecule has 0 aromatic carbocycles. The molecule has 0 rings (SSSR count). The standard InChI is InChI=1S/C13H28N2O2/c1-5-8-11(2)17-10-7-6-9-13(3,15-4)12(14)16/h11,15H,5-10H2,1-4H3,(H2,14,16). The zero-order valence-electron chi connectivity index (χ0n) is 11.7. The number of amides is 1. The Morgan fingerprint density at radius 3 is 2.59 bits per heavy atom. The highest BCUT2D eigenvalue weighted by Gasteiger charge is 2.27. The fraction of sp³-hybridized carbons (Fsp3) is 0.923. The SMILES string of the molecule is CCCC(C)OCCCCC(C)(NC)C(N)=O. The molecule has 1 amide bonds. The molecule has 102 valence electrons. The summed E-state index contributed by atoms with van der Waals surface area (Å²) >= 11 is 0. The molecule has 4 heteroatoms. The lowest BCUT2D eigenvalue weighted by molar-refractivity contribution is -0.123. The van der Waals surface area contributed by atoms with E-state index in [1.165, 1.54) is 0 Å². The van der Waals surface area contributed by atoms with Crippen molar-refractivity contribution in [2.75, 3.05) is 13.7 Å². The Hall–Kier alpha value is -0.610.